The molecule has 3 aromatic rings. The smallest absolute Gasteiger partial charge is 0.211 e. The third kappa shape index (κ3) is 1.76. The Labute approximate surface area is 103 Å². The van der Waals surface area contributed by atoms with Gasteiger partial charge in [-0.2, -0.15) is 0 Å². The van der Waals surface area contributed by atoms with Crippen LogP contribution in [-0.4, -0.2) is 25.9 Å². The SMILES string of the molecule is CCSc1nnc2c(n1)[nH]c1ccc(C)cc12. The molecule has 2 aromatic heterocycles. The zero-order valence-corrected chi connectivity index (χ0v) is 10.5. The van der Waals surface area contributed by atoms with Crippen molar-refractivity contribution in [1.82, 2.24) is 20.2 Å². The summed E-state index contributed by atoms with van der Waals surface area (Å²) in [6, 6.07) is 6.24. The van der Waals surface area contributed by atoms with Gasteiger partial charge in [-0.1, -0.05) is 30.3 Å². The third-order valence-corrected chi connectivity index (χ3v) is 3.34. The average molecular weight is 244 g/mol. The predicted molar refractivity (Wildman–Crippen MR) is 70.3 cm³/mol. The molecule has 0 bridgehead atoms. The fourth-order valence-electron chi connectivity index (χ4n) is 1.86. The van der Waals surface area contributed by atoms with Crippen molar-refractivity contribution < 1.29 is 0 Å². The number of thioether (sulfide) groups is 1. The molecule has 0 aliphatic heterocycles. The second-order valence-corrected chi connectivity index (χ2v) is 5.13. The maximum Gasteiger partial charge on any atom is 0.211 e. The molecule has 2 heterocycles. The molecule has 0 unspecified atom stereocenters. The number of aryl methyl sites for hydroxylation is 1. The van der Waals surface area contributed by atoms with E-state index in [1.807, 2.05) is 0 Å². The highest BCUT2D eigenvalue weighted by atomic mass is 32.2. The molecule has 4 nitrogen and oxygen atoms in total. The first-order valence-corrected chi connectivity index (χ1v) is 6.52. The van der Waals surface area contributed by atoms with Crippen molar-refractivity contribution >= 4 is 33.8 Å². The average Bonchev–Trinajstić information content (AvgIpc) is 2.66. The van der Waals surface area contributed by atoms with E-state index >= 15 is 0 Å². The van der Waals surface area contributed by atoms with Crippen molar-refractivity contribution in [2.75, 3.05) is 5.75 Å². The summed E-state index contributed by atoms with van der Waals surface area (Å²) in [7, 11) is 0. The molecule has 1 N–H and O–H groups in total. The van der Waals surface area contributed by atoms with Gasteiger partial charge < -0.3 is 4.98 Å². The highest BCUT2D eigenvalue weighted by molar-refractivity contribution is 7.99. The molecule has 0 radical (unpaired) electrons. The van der Waals surface area contributed by atoms with Gasteiger partial charge in [0.25, 0.3) is 0 Å². The number of aromatic amines is 1. The van der Waals surface area contributed by atoms with Crippen molar-refractivity contribution in [3.05, 3.63) is 23.8 Å². The molecule has 0 fully saturated rings. The fourth-order valence-corrected chi connectivity index (χ4v) is 2.37. The lowest BCUT2D eigenvalue weighted by Crippen LogP contribution is -1.91. The van der Waals surface area contributed by atoms with E-state index in [1.54, 1.807) is 11.8 Å². The lowest BCUT2D eigenvalue weighted by atomic mass is 10.2. The Morgan fingerprint density at radius 1 is 1.29 bits per heavy atom. The van der Waals surface area contributed by atoms with Gasteiger partial charge in [0.1, 0.15) is 5.52 Å². The van der Waals surface area contributed by atoms with Crippen LogP contribution in [0.3, 0.4) is 0 Å². The van der Waals surface area contributed by atoms with E-state index in [4.69, 9.17) is 0 Å². The van der Waals surface area contributed by atoms with Crippen LogP contribution in [0, 0.1) is 6.92 Å². The van der Waals surface area contributed by atoms with E-state index in [0.29, 0.717) is 0 Å². The Morgan fingerprint density at radius 3 is 3.00 bits per heavy atom. The van der Waals surface area contributed by atoms with Crippen molar-refractivity contribution in [3.63, 3.8) is 0 Å². The number of H-pyrrole nitrogens is 1. The molecule has 0 aliphatic carbocycles. The van der Waals surface area contributed by atoms with Gasteiger partial charge in [0, 0.05) is 10.9 Å². The first-order chi connectivity index (χ1) is 8.28. The number of aromatic nitrogens is 4. The molecule has 0 saturated carbocycles. The van der Waals surface area contributed by atoms with E-state index < -0.39 is 0 Å². The largest absolute Gasteiger partial charge is 0.338 e. The van der Waals surface area contributed by atoms with Gasteiger partial charge in [0.05, 0.1) is 0 Å². The van der Waals surface area contributed by atoms with E-state index in [2.05, 4.69) is 52.2 Å². The summed E-state index contributed by atoms with van der Waals surface area (Å²) in [6.45, 7) is 4.15. The summed E-state index contributed by atoms with van der Waals surface area (Å²) in [5, 5.41) is 10.2. The zero-order valence-electron chi connectivity index (χ0n) is 9.69. The van der Waals surface area contributed by atoms with Crippen LogP contribution in [-0.2, 0) is 0 Å². The minimum Gasteiger partial charge on any atom is -0.338 e. The first-order valence-electron chi connectivity index (χ1n) is 5.53. The van der Waals surface area contributed by atoms with Crippen molar-refractivity contribution in [2.45, 2.75) is 19.0 Å². The summed E-state index contributed by atoms with van der Waals surface area (Å²) in [5.74, 6) is 0.951. The van der Waals surface area contributed by atoms with Gasteiger partial charge in [-0.05, 0) is 24.8 Å². The maximum atomic E-state index is 4.47. The lowest BCUT2D eigenvalue weighted by molar-refractivity contribution is 0.879. The Kier molecular flexibility index (Phi) is 2.48. The second-order valence-electron chi connectivity index (χ2n) is 3.90. The molecule has 0 aliphatic rings. The molecule has 86 valence electrons. The number of nitrogens with zero attached hydrogens (tertiary/aromatic N) is 3. The topological polar surface area (TPSA) is 54.5 Å². The standard InChI is InChI=1S/C12H12N4S/c1-3-17-12-14-11-10(15-16-12)8-6-7(2)4-5-9(8)13-11/h4-6H,3H2,1-2H3,(H,13,14,16). The molecule has 0 amide bonds. The molecule has 0 atom stereocenters. The van der Waals surface area contributed by atoms with Gasteiger partial charge in [-0.25, -0.2) is 4.98 Å². The summed E-state index contributed by atoms with van der Waals surface area (Å²) < 4.78 is 0. The lowest BCUT2D eigenvalue weighted by Gasteiger charge is -1.94. The highest BCUT2D eigenvalue weighted by Crippen LogP contribution is 2.24. The molecule has 5 heteroatoms. The van der Waals surface area contributed by atoms with Crippen molar-refractivity contribution in [1.29, 1.82) is 0 Å². The number of hydrogen-bond donors (Lipinski definition) is 1. The van der Waals surface area contributed by atoms with E-state index in [1.165, 1.54) is 5.56 Å². The third-order valence-electron chi connectivity index (χ3n) is 2.62. The Morgan fingerprint density at radius 2 is 2.18 bits per heavy atom. The molecule has 1 aromatic carbocycles. The van der Waals surface area contributed by atoms with Crippen LogP contribution in [0.2, 0.25) is 0 Å². The van der Waals surface area contributed by atoms with Crippen LogP contribution in [0.15, 0.2) is 23.4 Å². The van der Waals surface area contributed by atoms with Gasteiger partial charge in [-0.15, -0.1) is 10.2 Å². The van der Waals surface area contributed by atoms with E-state index in [9.17, 15) is 0 Å². The molecule has 3 rings (SSSR count). The number of nitrogens with one attached hydrogen (secondary N) is 1. The van der Waals surface area contributed by atoms with E-state index in [0.717, 1.165) is 33.0 Å². The van der Waals surface area contributed by atoms with Crippen molar-refractivity contribution in [3.8, 4) is 0 Å². The minimum absolute atomic E-state index is 0.725. The number of rotatable bonds is 2. The molecule has 17 heavy (non-hydrogen) atoms. The second kappa shape index (κ2) is 4.00. The summed E-state index contributed by atoms with van der Waals surface area (Å²) in [5.41, 5.74) is 3.94. The van der Waals surface area contributed by atoms with Crippen LogP contribution in [0.1, 0.15) is 12.5 Å². The van der Waals surface area contributed by atoms with Gasteiger partial charge in [-0.3, -0.25) is 0 Å². The van der Waals surface area contributed by atoms with Crippen LogP contribution >= 0.6 is 11.8 Å². The van der Waals surface area contributed by atoms with Crippen LogP contribution < -0.4 is 0 Å². The summed E-state index contributed by atoms with van der Waals surface area (Å²) in [4.78, 5) is 7.74. The highest BCUT2D eigenvalue weighted by Gasteiger charge is 2.08. The fraction of sp³-hybridized carbons (Fsp3) is 0.250. The number of hydrogen-bond acceptors (Lipinski definition) is 4. The van der Waals surface area contributed by atoms with Crippen LogP contribution in [0.5, 0.6) is 0 Å². The summed E-state index contributed by atoms with van der Waals surface area (Å²) in [6.07, 6.45) is 0. The van der Waals surface area contributed by atoms with Crippen LogP contribution in [0.25, 0.3) is 22.1 Å². The summed E-state index contributed by atoms with van der Waals surface area (Å²) >= 11 is 1.60. The maximum absolute atomic E-state index is 4.47. The molecule has 0 spiro atoms. The molecular weight excluding hydrogens is 232 g/mol. The van der Waals surface area contributed by atoms with Gasteiger partial charge in [0.15, 0.2) is 5.65 Å². The van der Waals surface area contributed by atoms with E-state index in [-0.39, 0.29) is 0 Å². The Bertz CT molecular complexity index is 689. The normalized spacial score (nSPS) is 11.4. The first kappa shape index (κ1) is 10.5. The predicted octanol–water partition coefficient (Wildman–Crippen LogP) is 2.93. The minimum atomic E-state index is 0.725. The zero-order chi connectivity index (χ0) is 11.8. The van der Waals surface area contributed by atoms with Crippen molar-refractivity contribution in [2.24, 2.45) is 0 Å². The Balaban J connectivity index is 2.28. The molecular formula is C12H12N4S. The molecule has 0 saturated heterocycles. The number of fused-ring (bicyclic) bond motifs is 3. The number of benzene rings is 1. The van der Waals surface area contributed by atoms with Gasteiger partial charge >= 0.3 is 0 Å². The monoisotopic (exact) mass is 244 g/mol. The quantitative estimate of drug-likeness (QED) is 0.704. The van der Waals surface area contributed by atoms with Crippen LogP contribution in [0.4, 0.5) is 0 Å². The van der Waals surface area contributed by atoms with Gasteiger partial charge in [0.2, 0.25) is 5.16 Å². The Hall–Kier alpha value is -1.62.